The third-order valence-corrected chi connectivity index (χ3v) is 1.04. The Balaban J connectivity index is 3.40. The van der Waals surface area contributed by atoms with Gasteiger partial charge in [0.2, 0.25) is 0 Å². The number of carbonyl (C=O) groups is 2. The second-order valence-corrected chi connectivity index (χ2v) is 1.99. The van der Waals surface area contributed by atoms with E-state index in [1.807, 2.05) is 0 Å². The molecule has 13 heavy (non-hydrogen) atoms. The second-order valence-electron chi connectivity index (χ2n) is 1.99. The largest absolute Gasteiger partial charge is 0.461 e. The molecule has 5 nitrogen and oxygen atoms in total. The number of aliphatic imine (C=N–C) groups is 1. The van der Waals surface area contributed by atoms with Gasteiger partial charge < -0.3 is 10.1 Å². The quantitative estimate of drug-likeness (QED) is 0.299. The van der Waals surface area contributed by atoms with Gasteiger partial charge in [-0.25, -0.2) is 14.6 Å². The average Bonchev–Trinajstić information content (AvgIpc) is 2.12. The van der Waals surface area contributed by atoms with E-state index in [-0.39, 0.29) is 13.2 Å². The Morgan fingerprint density at radius 2 is 2.31 bits per heavy atom. The van der Waals surface area contributed by atoms with E-state index in [1.54, 1.807) is 6.92 Å². The molecule has 0 atom stereocenters. The molecule has 0 saturated carbocycles. The minimum Gasteiger partial charge on any atom is -0.461 e. The number of ether oxygens (including phenoxy) is 1. The number of nitrogens with zero attached hydrogens (tertiary/aromatic N) is 1. The number of urea groups is 1. The van der Waals surface area contributed by atoms with Gasteiger partial charge in [0.05, 0.1) is 6.54 Å². The van der Waals surface area contributed by atoms with Gasteiger partial charge in [0.25, 0.3) is 0 Å². The average molecular weight is 184 g/mol. The first-order chi connectivity index (χ1) is 6.20. The number of esters is 1. The molecule has 1 N–H and O–H groups in total. The Kier molecular flexibility index (Phi) is 6.13. The Labute approximate surface area is 76.5 Å². The minimum absolute atomic E-state index is 0.121. The maximum atomic E-state index is 10.7. The van der Waals surface area contributed by atoms with E-state index in [9.17, 15) is 9.59 Å². The van der Waals surface area contributed by atoms with Crippen LogP contribution >= 0.6 is 0 Å². The Morgan fingerprint density at radius 1 is 1.62 bits per heavy atom. The van der Waals surface area contributed by atoms with E-state index in [0.717, 1.165) is 6.08 Å². The molecule has 0 aromatic rings. The zero-order valence-corrected chi connectivity index (χ0v) is 7.45. The predicted molar refractivity (Wildman–Crippen MR) is 48.7 cm³/mol. The van der Waals surface area contributed by atoms with Crippen molar-refractivity contribution in [3.63, 3.8) is 0 Å². The van der Waals surface area contributed by atoms with E-state index in [2.05, 4.69) is 21.6 Å². The third kappa shape index (κ3) is 6.74. The minimum atomic E-state index is -0.506. The summed E-state index contributed by atoms with van der Waals surface area (Å²) in [6, 6.07) is -0.447. The van der Waals surface area contributed by atoms with Crippen molar-refractivity contribution in [2.75, 3.05) is 13.2 Å². The number of nitrogens with one attached hydrogen (secondary N) is 1. The first-order valence-electron chi connectivity index (χ1n) is 3.76. The van der Waals surface area contributed by atoms with Crippen LogP contribution in [0.3, 0.4) is 0 Å². The lowest BCUT2D eigenvalue weighted by molar-refractivity contribution is -0.137. The molecule has 0 spiro atoms. The second kappa shape index (κ2) is 7.02. The zero-order chi connectivity index (χ0) is 10.1. The van der Waals surface area contributed by atoms with Crippen LogP contribution in [0.1, 0.15) is 6.92 Å². The Hall–Kier alpha value is -1.65. The number of carbonyl (C=O) groups excluding carboxylic acids is 2. The summed E-state index contributed by atoms with van der Waals surface area (Å²) < 4.78 is 4.60. The fraction of sp³-hybridized carbons (Fsp3) is 0.375. The summed E-state index contributed by atoms with van der Waals surface area (Å²) in [5.41, 5.74) is 0. The van der Waals surface area contributed by atoms with Crippen molar-refractivity contribution in [1.82, 2.24) is 5.32 Å². The van der Waals surface area contributed by atoms with Crippen molar-refractivity contribution in [2.24, 2.45) is 4.99 Å². The molecule has 0 unspecified atom stereocenters. The zero-order valence-electron chi connectivity index (χ0n) is 7.45. The highest BCUT2D eigenvalue weighted by Gasteiger charge is 1.96. The van der Waals surface area contributed by atoms with Crippen LogP contribution in [0.2, 0.25) is 0 Å². The van der Waals surface area contributed by atoms with Crippen LogP contribution in [0, 0.1) is 0 Å². The van der Waals surface area contributed by atoms with Crippen molar-refractivity contribution >= 4 is 18.2 Å². The van der Waals surface area contributed by atoms with Crippen molar-refractivity contribution < 1.29 is 14.3 Å². The molecule has 0 aromatic heterocycles. The van der Waals surface area contributed by atoms with Crippen molar-refractivity contribution in [3.05, 3.63) is 12.7 Å². The number of rotatable bonds is 4. The van der Waals surface area contributed by atoms with E-state index < -0.39 is 12.0 Å². The molecule has 0 rings (SSSR count). The molecule has 0 radical (unpaired) electrons. The first kappa shape index (κ1) is 11.4. The molecule has 72 valence electrons. The van der Waals surface area contributed by atoms with Crippen LogP contribution in [-0.2, 0) is 9.53 Å². The summed E-state index contributed by atoms with van der Waals surface area (Å²) in [6.07, 6.45) is 2.44. The van der Waals surface area contributed by atoms with Gasteiger partial charge in [0, 0.05) is 12.3 Å². The van der Waals surface area contributed by atoms with E-state index >= 15 is 0 Å². The van der Waals surface area contributed by atoms with Gasteiger partial charge in [-0.3, -0.25) is 0 Å². The number of hydrogen-bond donors (Lipinski definition) is 1. The smallest absolute Gasteiger partial charge is 0.340 e. The molecule has 0 fully saturated rings. The molecule has 0 bridgehead atoms. The van der Waals surface area contributed by atoms with Gasteiger partial charge in [0.1, 0.15) is 6.61 Å². The molecule has 0 saturated heterocycles. The molecule has 0 aliphatic carbocycles. The van der Waals surface area contributed by atoms with Crippen molar-refractivity contribution in [2.45, 2.75) is 6.92 Å². The summed E-state index contributed by atoms with van der Waals surface area (Å²) in [4.78, 5) is 24.6. The first-order valence-corrected chi connectivity index (χ1v) is 3.76. The maximum absolute atomic E-state index is 10.7. The summed E-state index contributed by atoms with van der Waals surface area (Å²) in [5.74, 6) is -0.506. The lowest BCUT2D eigenvalue weighted by Crippen LogP contribution is -2.25. The molecule has 0 aromatic carbocycles. The number of hydrogen-bond acceptors (Lipinski definition) is 3. The fourth-order valence-corrected chi connectivity index (χ4v) is 0.531. The Bertz CT molecular complexity index is 223. The summed E-state index contributed by atoms with van der Waals surface area (Å²) in [7, 11) is 0. The van der Waals surface area contributed by atoms with Crippen LogP contribution < -0.4 is 5.32 Å². The molecule has 0 aliphatic rings. The van der Waals surface area contributed by atoms with Gasteiger partial charge in [0.15, 0.2) is 0 Å². The van der Waals surface area contributed by atoms with Gasteiger partial charge in [-0.1, -0.05) is 6.58 Å². The van der Waals surface area contributed by atoms with E-state index in [4.69, 9.17) is 0 Å². The molecule has 2 amide bonds. The topological polar surface area (TPSA) is 67.8 Å². The summed E-state index contributed by atoms with van der Waals surface area (Å²) >= 11 is 0. The van der Waals surface area contributed by atoms with Crippen LogP contribution in [0.5, 0.6) is 0 Å². The van der Waals surface area contributed by atoms with Crippen molar-refractivity contribution in [1.29, 1.82) is 0 Å². The molecular formula is C8H12N2O3. The van der Waals surface area contributed by atoms with Crippen LogP contribution in [-0.4, -0.2) is 31.4 Å². The molecule has 0 heterocycles. The summed E-state index contributed by atoms with van der Waals surface area (Å²) in [5, 5.41) is 2.41. The lowest BCUT2D eigenvalue weighted by atomic mass is 10.6. The highest BCUT2D eigenvalue weighted by atomic mass is 16.5. The van der Waals surface area contributed by atoms with Crippen LogP contribution in [0.15, 0.2) is 17.6 Å². The predicted octanol–water partition coefficient (Wildman–Crippen LogP) is 0.516. The maximum Gasteiger partial charge on any atom is 0.340 e. The highest BCUT2D eigenvalue weighted by Crippen LogP contribution is 1.78. The van der Waals surface area contributed by atoms with Gasteiger partial charge in [-0.2, -0.15) is 0 Å². The SMILES string of the molecule is C=CC(=O)OCCNC(=O)N=CC. The van der Waals surface area contributed by atoms with E-state index in [1.165, 1.54) is 6.21 Å². The van der Waals surface area contributed by atoms with Crippen molar-refractivity contribution in [3.8, 4) is 0 Å². The normalized spacial score (nSPS) is 9.62. The Morgan fingerprint density at radius 3 is 2.85 bits per heavy atom. The lowest BCUT2D eigenvalue weighted by Gasteiger charge is -2.01. The highest BCUT2D eigenvalue weighted by molar-refractivity contribution is 5.83. The standard InChI is InChI=1S/C8H12N2O3/c1-3-7(11)13-6-5-10-8(12)9-4-2/h3-4H,1,5-6H2,2H3,(H,10,12). The van der Waals surface area contributed by atoms with Gasteiger partial charge in [-0.15, -0.1) is 0 Å². The van der Waals surface area contributed by atoms with Crippen LogP contribution in [0.4, 0.5) is 4.79 Å². The molecule has 5 heteroatoms. The fourth-order valence-electron chi connectivity index (χ4n) is 0.531. The van der Waals surface area contributed by atoms with E-state index in [0.29, 0.717) is 0 Å². The van der Waals surface area contributed by atoms with Gasteiger partial charge in [-0.05, 0) is 6.92 Å². The summed E-state index contributed by atoms with van der Waals surface area (Å²) in [6.45, 7) is 5.22. The van der Waals surface area contributed by atoms with Gasteiger partial charge >= 0.3 is 12.0 Å². The molecule has 0 aliphatic heterocycles. The molecular weight excluding hydrogens is 172 g/mol. The third-order valence-electron chi connectivity index (χ3n) is 1.04. The van der Waals surface area contributed by atoms with Crippen LogP contribution in [0.25, 0.3) is 0 Å². The monoisotopic (exact) mass is 184 g/mol. The number of amides is 2.